The zero-order valence-corrected chi connectivity index (χ0v) is 11.0. The number of rotatable bonds is 5. The largest absolute Gasteiger partial charge is 0.448 e. The van der Waals surface area contributed by atoms with E-state index >= 15 is 0 Å². The van der Waals surface area contributed by atoms with Gasteiger partial charge in [0, 0.05) is 18.7 Å². The molecule has 0 aliphatic carbocycles. The average Bonchev–Trinajstić information content (AvgIpc) is 2.82. The molecule has 0 aromatic heterocycles. The van der Waals surface area contributed by atoms with E-state index in [1.807, 2.05) is 31.2 Å². The third-order valence-corrected chi connectivity index (χ3v) is 3.13. The van der Waals surface area contributed by atoms with Crippen molar-refractivity contribution < 1.29 is 14.3 Å². The molecule has 1 fully saturated rings. The van der Waals surface area contributed by atoms with Crippen LogP contribution in [-0.4, -0.2) is 36.6 Å². The molecule has 2 amide bonds. The molecule has 5 heteroatoms. The Bertz CT molecular complexity index is 474. The quantitative estimate of drug-likeness (QED) is 0.883. The summed E-state index contributed by atoms with van der Waals surface area (Å²) in [6.07, 6.45) is 0.823. The summed E-state index contributed by atoms with van der Waals surface area (Å²) in [5.41, 5.74) is 1.95. The van der Waals surface area contributed by atoms with Crippen LogP contribution in [0.3, 0.4) is 0 Å². The first-order valence-corrected chi connectivity index (χ1v) is 6.50. The normalized spacial score (nSPS) is 14.4. The van der Waals surface area contributed by atoms with Gasteiger partial charge in [0.2, 0.25) is 5.91 Å². The zero-order valence-electron chi connectivity index (χ0n) is 11.0. The number of carbonyl (C=O) groups excluding carboxylic acids is 2. The second kappa shape index (κ2) is 6.22. The summed E-state index contributed by atoms with van der Waals surface area (Å²) in [5, 5.41) is 2.88. The molecular weight excluding hydrogens is 244 g/mol. The van der Waals surface area contributed by atoms with E-state index in [0.29, 0.717) is 19.7 Å². The van der Waals surface area contributed by atoms with E-state index in [1.54, 1.807) is 4.90 Å². The first-order chi connectivity index (χ1) is 9.20. The van der Waals surface area contributed by atoms with E-state index in [1.165, 1.54) is 0 Å². The lowest BCUT2D eigenvalue weighted by Crippen LogP contribution is -2.28. The number of aryl methyl sites for hydroxylation is 1. The molecule has 0 bridgehead atoms. The van der Waals surface area contributed by atoms with Crippen molar-refractivity contribution in [1.82, 2.24) is 4.90 Å². The number of nitrogens with one attached hydrogen (secondary N) is 1. The van der Waals surface area contributed by atoms with Crippen LogP contribution in [-0.2, 0) is 16.0 Å². The highest BCUT2D eigenvalue weighted by Gasteiger charge is 2.22. The van der Waals surface area contributed by atoms with Gasteiger partial charge in [-0.05, 0) is 18.1 Å². The molecule has 19 heavy (non-hydrogen) atoms. The van der Waals surface area contributed by atoms with Gasteiger partial charge in [-0.3, -0.25) is 4.79 Å². The second-order valence-corrected chi connectivity index (χ2v) is 4.41. The van der Waals surface area contributed by atoms with E-state index in [2.05, 4.69) is 5.32 Å². The molecule has 1 aliphatic rings. The highest BCUT2D eigenvalue weighted by Crippen LogP contribution is 2.15. The van der Waals surface area contributed by atoms with Gasteiger partial charge >= 0.3 is 6.09 Å². The minimum atomic E-state index is -0.332. The molecule has 2 rings (SSSR count). The average molecular weight is 262 g/mol. The van der Waals surface area contributed by atoms with Gasteiger partial charge < -0.3 is 15.0 Å². The Morgan fingerprint density at radius 3 is 2.89 bits per heavy atom. The Balaban J connectivity index is 1.85. The molecule has 0 radical (unpaired) electrons. The van der Waals surface area contributed by atoms with Gasteiger partial charge in [-0.25, -0.2) is 4.79 Å². The minimum absolute atomic E-state index is 0.0828. The molecule has 1 saturated heterocycles. The topological polar surface area (TPSA) is 58.6 Å². The standard InChI is InChI=1S/C14H18N2O3/c1-2-11-5-3-4-6-12(11)15-13(17)7-8-16-9-10-19-14(16)18/h3-6H,2,7-10H2,1H3,(H,15,17). The monoisotopic (exact) mass is 262 g/mol. The van der Waals surface area contributed by atoms with Gasteiger partial charge in [0.25, 0.3) is 0 Å². The Morgan fingerprint density at radius 1 is 1.42 bits per heavy atom. The summed E-state index contributed by atoms with van der Waals surface area (Å²) < 4.78 is 4.81. The lowest BCUT2D eigenvalue weighted by Gasteiger charge is -2.13. The maximum absolute atomic E-state index is 11.9. The first-order valence-electron chi connectivity index (χ1n) is 6.50. The molecule has 0 atom stereocenters. The second-order valence-electron chi connectivity index (χ2n) is 4.41. The number of para-hydroxylation sites is 1. The van der Waals surface area contributed by atoms with E-state index in [-0.39, 0.29) is 18.4 Å². The highest BCUT2D eigenvalue weighted by molar-refractivity contribution is 5.91. The Hall–Kier alpha value is -2.04. The van der Waals surface area contributed by atoms with Gasteiger partial charge in [0.1, 0.15) is 6.61 Å². The van der Waals surface area contributed by atoms with Gasteiger partial charge in [0.05, 0.1) is 6.54 Å². The summed E-state index contributed by atoms with van der Waals surface area (Å²) in [7, 11) is 0. The van der Waals surface area contributed by atoms with E-state index in [4.69, 9.17) is 4.74 Å². The number of benzene rings is 1. The van der Waals surface area contributed by atoms with Crippen molar-refractivity contribution in [2.75, 3.05) is 25.0 Å². The molecule has 102 valence electrons. The van der Waals surface area contributed by atoms with Crippen molar-refractivity contribution in [1.29, 1.82) is 0 Å². The van der Waals surface area contributed by atoms with Gasteiger partial charge in [0.15, 0.2) is 0 Å². The van der Waals surface area contributed by atoms with Crippen LogP contribution in [0.1, 0.15) is 18.9 Å². The van der Waals surface area contributed by atoms with Crippen LogP contribution < -0.4 is 5.32 Å². The molecule has 0 unspecified atom stereocenters. The summed E-state index contributed by atoms with van der Waals surface area (Å²) in [5.74, 6) is -0.0828. The van der Waals surface area contributed by atoms with Crippen molar-refractivity contribution in [2.24, 2.45) is 0 Å². The molecule has 1 N–H and O–H groups in total. The van der Waals surface area contributed by atoms with Crippen LogP contribution in [0.4, 0.5) is 10.5 Å². The summed E-state index contributed by atoms with van der Waals surface area (Å²) in [4.78, 5) is 24.6. The predicted molar refractivity (Wildman–Crippen MR) is 72.0 cm³/mol. The Morgan fingerprint density at radius 2 is 2.21 bits per heavy atom. The minimum Gasteiger partial charge on any atom is -0.448 e. The van der Waals surface area contributed by atoms with E-state index in [0.717, 1.165) is 17.7 Å². The summed E-state index contributed by atoms with van der Waals surface area (Å²) in [6.45, 7) is 3.43. The molecule has 0 spiro atoms. The lowest BCUT2D eigenvalue weighted by molar-refractivity contribution is -0.116. The Labute approximate surface area is 112 Å². The SMILES string of the molecule is CCc1ccccc1NC(=O)CCN1CCOC1=O. The third-order valence-electron chi connectivity index (χ3n) is 3.13. The zero-order chi connectivity index (χ0) is 13.7. The highest BCUT2D eigenvalue weighted by atomic mass is 16.6. The fraction of sp³-hybridized carbons (Fsp3) is 0.429. The van der Waals surface area contributed by atoms with Crippen LogP contribution in [0.25, 0.3) is 0 Å². The summed E-state index contributed by atoms with van der Waals surface area (Å²) >= 11 is 0. The molecule has 5 nitrogen and oxygen atoms in total. The number of ether oxygens (including phenoxy) is 1. The molecular formula is C14H18N2O3. The molecule has 1 aromatic carbocycles. The van der Waals surface area contributed by atoms with Gasteiger partial charge in [-0.15, -0.1) is 0 Å². The molecule has 1 aromatic rings. The number of carbonyl (C=O) groups is 2. The van der Waals surface area contributed by atoms with E-state index < -0.39 is 0 Å². The number of hydrogen-bond acceptors (Lipinski definition) is 3. The fourth-order valence-corrected chi connectivity index (χ4v) is 2.03. The molecule has 1 heterocycles. The van der Waals surface area contributed by atoms with Crippen LogP contribution in [0.15, 0.2) is 24.3 Å². The van der Waals surface area contributed by atoms with E-state index in [9.17, 15) is 9.59 Å². The third kappa shape index (κ3) is 3.47. The number of anilines is 1. The van der Waals surface area contributed by atoms with Crippen molar-refractivity contribution in [3.8, 4) is 0 Å². The summed E-state index contributed by atoms with van der Waals surface area (Å²) in [6, 6.07) is 7.73. The van der Waals surface area contributed by atoms with Crippen LogP contribution in [0.5, 0.6) is 0 Å². The van der Waals surface area contributed by atoms with Crippen LogP contribution >= 0.6 is 0 Å². The maximum Gasteiger partial charge on any atom is 0.409 e. The number of amides is 2. The van der Waals surface area contributed by atoms with Crippen molar-refractivity contribution in [3.05, 3.63) is 29.8 Å². The van der Waals surface area contributed by atoms with Crippen molar-refractivity contribution >= 4 is 17.7 Å². The number of cyclic esters (lactones) is 1. The maximum atomic E-state index is 11.9. The first kappa shape index (κ1) is 13.4. The lowest BCUT2D eigenvalue weighted by atomic mass is 10.1. The number of hydrogen-bond donors (Lipinski definition) is 1. The van der Waals surface area contributed by atoms with Crippen LogP contribution in [0.2, 0.25) is 0 Å². The van der Waals surface area contributed by atoms with Crippen molar-refractivity contribution in [2.45, 2.75) is 19.8 Å². The van der Waals surface area contributed by atoms with Crippen LogP contribution in [0, 0.1) is 0 Å². The predicted octanol–water partition coefficient (Wildman–Crippen LogP) is 2.03. The van der Waals surface area contributed by atoms with Gasteiger partial charge in [-0.2, -0.15) is 0 Å². The molecule has 1 aliphatic heterocycles. The molecule has 0 saturated carbocycles. The fourth-order valence-electron chi connectivity index (χ4n) is 2.03. The van der Waals surface area contributed by atoms with Gasteiger partial charge in [-0.1, -0.05) is 25.1 Å². The van der Waals surface area contributed by atoms with Crippen molar-refractivity contribution in [3.63, 3.8) is 0 Å². The number of nitrogens with zero attached hydrogens (tertiary/aromatic N) is 1. The Kier molecular flexibility index (Phi) is 4.39. The smallest absolute Gasteiger partial charge is 0.409 e.